The van der Waals surface area contributed by atoms with Crippen LogP contribution in [0.25, 0.3) is 0 Å². The van der Waals surface area contributed by atoms with Crippen molar-refractivity contribution >= 4 is 37.1 Å². The van der Waals surface area contributed by atoms with Crippen molar-refractivity contribution in [1.29, 1.82) is 0 Å². The number of ketones is 1. The van der Waals surface area contributed by atoms with Gasteiger partial charge in [0.1, 0.15) is 5.60 Å². The monoisotopic (exact) mass is 489 g/mol. The van der Waals surface area contributed by atoms with E-state index in [0.29, 0.717) is 6.04 Å². The summed E-state index contributed by atoms with van der Waals surface area (Å²) in [6, 6.07) is 9.79. The molecule has 8 nitrogen and oxygen atoms in total. The van der Waals surface area contributed by atoms with Crippen molar-refractivity contribution in [2.24, 2.45) is 5.92 Å². The molecule has 9 heteroatoms. The zero-order valence-corrected chi connectivity index (χ0v) is 21.9. The molecule has 0 saturated carbocycles. The van der Waals surface area contributed by atoms with Crippen LogP contribution in [0.1, 0.15) is 34.6 Å². The quantitative estimate of drug-likeness (QED) is 0.372. The Labute approximate surface area is 202 Å². The van der Waals surface area contributed by atoms with Crippen LogP contribution in [0, 0.1) is 5.92 Å². The molecule has 0 radical (unpaired) electrons. The van der Waals surface area contributed by atoms with E-state index in [4.69, 9.17) is 14.2 Å². The summed E-state index contributed by atoms with van der Waals surface area (Å²) in [5.41, 5.74) is -0.725. The summed E-state index contributed by atoms with van der Waals surface area (Å²) in [6.45, 7) is 12.0. The van der Waals surface area contributed by atoms with Crippen LogP contribution in [0.5, 0.6) is 0 Å². The Balaban J connectivity index is 2.53. The summed E-state index contributed by atoms with van der Waals surface area (Å²) in [5.74, 6) is -2.35. The van der Waals surface area contributed by atoms with Crippen LogP contribution >= 0.6 is 0 Å². The van der Waals surface area contributed by atoms with E-state index in [1.807, 2.05) is 30.3 Å². The van der Waals surface area contributed by atoms with Crippen molar-refractivity contribution in [2.75, 3.05) is 0 Å². The van der Waals surface area contributed by atoms with Gasteiger partial charge < -0.3 is 19.5 Å². The van der Waals surface area contributed by atoms with Crippen molar-refractivity contribution < 1.29 is 33.4 Å². The summed E-state index contributed by atoms with van der Waals surface area (Å²) in [4.78, 5) is 49.4. The van der Waals surface area contributed by atoms with Crippen molar-refractivity contribution in [1.82, 2.24) is 5.32 Å². The fraction of sp³-hybridized carbons (Fsp3) is 0.520. The first kappa shape index (κ1) is 27.3. The number of amides is 1. The minimum absolute atomic E-state index is 0.515. The summed E-state index contributed by atoms with van der Waals surface area (Å²) in [6.07, 6.45) is -0.227. The van der Waals surface area contributed by atoms with E-state index in [9.17, 15) is 19.2 Å². The number of nitrogens with one attached hydrogen (secondary N) is 1. The zero-order chi connectivity index (χ0) is 25.7. The first-order chi connectivity index (χ1) is 15.7. The highest BCUT2D eigenvalue weighted by Crippen LogP contribution is 2.32. The Morgan fingerprint density at radius 2 is 1.59 bits per heavy atom. The van der Waals surface area contributed by atoms with E-state index in [1.165, 1.54) is 19.9 Å². The molecular formula is C25H35NO7Si. The van der Waals surface area contributed by atoms with Gasteiger partial charge in [0, 0.05) is 19.8 Å². The standard InChI is InChI=1S/C25H35NO7Si/c1-16(27)31-22-19(15-34(6,7)18-11-9-8-10-12-18)20(26-24(30)33-25(3,4)5)13-14-21(29)23(22)32-17(2)28/h8-14,19-20,22-23H,15H2,1-7H3,(H,26,30)/t19-,20-,22+,23-/m1/s1. The zero-order valence-electron chi connectivity index (χ0n) is 20.9. The Hall–Kier alpha value is -2.94. The normalized spacial score (nSPS) is 23.0. The number of benzene rings is 1. The molecule has 0 spiro atoms. The van der Waals surface area contributed by atoms with Gasteiger partial charge >= 0.3 is 18.0 Å². The molecular weight excluding hydrogens is 454 g/mol. The number of alkyl carbamates (subject to hydrolysis) is 1. The number of carbonyl (C=O) groups is 4. The predicted octanol–water partition coefficient (Wildman–Crippen LogP) is 3.11. The predicted molar refractivity (Wildman–Crippen MR) is 130 cm³/mol. The third-order valence-electron chi connectivity index (χ3n) is 5.51. The minimum atomic E-state index is -2.18. The molecule has 0 fully saturated rings. The highest BCUT2D eigenvalue weighted by Gasteiger charge is 2.46. The molecule has 34 heavy (non-hydrogen) atoms. The Morgan fingerprint density at radius 1 is 1.00 bits per heavy atom. The molecule has 1 aliphatic carbocycles. The number of hydrogen-bond donors (Lipinski definition) is 1. The summed E-state index contributed by atoms with van der Waals surface area (Å²) < 4.78 is 16.4. The van der Waals surface area contributed by atoms with E-state index in [2.05, 4.69) is 18.4 Å². The molecule has 1 N–H and O–H groups in total. The van der Waals surface area contributed by atoms with Gasteiger partial charge in [0.05, 0.1) is 14.1 Å². The molecule has 0 heterocycles. The van der Waals surface area contributed by atoms with Gasteiger partial charge in [-0.15, -0.1) is 0 Å². The van der Waals surface area contributed by atoms with Crippen molar-refractivity contribution in [3.05, 3.63) is 42.5 Å². The van der Waals surface area contributed by atoms with E-state index >= 15 is 0 Å². The maximum Gasteiger partial charge on any atom is 0.408 e. The Bertz CT molecular complexity index is 936. The third kappa shape index (κ3) is 7.83. The van der Waals surface area contributed by atoms with Gasteiger partial charge in [-0.05, 0) is 32.9 Å². The molecule has 1 aromatic carbocycles. The lowest BCUT2D eigenvalue weighted by Crippen LogP contribution is -2.55. The third-order valence-corrected chi connectivity index (χ3v) is 8.90. The average Bonchev–Trinajstić information content (AvgIpc) is 2.80. The van der Waals surface area contributed by atoms with Crippen LogP contribution in [0.15, 0.2) is 42.5 Å². The van der Waals surface area contributed by atoms with Gasteiger partial charge in [-0.1, -0.05) is 54.7 Å². The van der Waals surface area contributed by atoms with Crippen molar-refractivity contribution in [3.8, 4) is 0 Å². The number of ether oxygens (including phenoxy) is 3. The molecule has 4 atom stereocenters. The molecule has 0 aliphatic heterocycles. The minimum Gasteiger partial charge on any atom is -0.458 e. The van der Waals surface area contributed by atoms with E-state index in [0.717, 1.165) is 5.19 Å². The van der Waals surface area contributed by atoms with Crippen LogP contribution in [0.4, 0.5) is 4.79 Å². The van der Waals surface area contributed by atoms with Gasteiger partial charge in [0.2, 0.25) is 6.10 Å². The van der Waals surface area contributed by atoms with Crippen molar-refractivity contribution in [2.45, 2.75) is 77.6 Å². The molecule has 1 aromatic rings. The van der Waals surface area contributed by atoms with Crippen molar-refractivity contribution in [3.63, 3.8) is 0 Å². The van der Waals surface area contributed by atoms with Gasteiger partial charge in [0.15, 0.2) is 11.9 Å². The largest absolute Gasteiger partial charge is 0.458 e. The summed E-state index contributed by atoms with van der Waals surface area (Å²) in [5, 5.41) is 3.99. The molecule has 0 saturated heterocycles. The molecule has 186 valence electrons. The van der Waals surface area contributed by atoms with Crippen LogP contribution < -0.4 is 10.5 Å². The second kappa shape index (κ2) is 11.0. The number of hydrogen-bond acceptors (Lipinski definition) is 7. The molecule has 0 aromatic heterocycles. The average molecular weight is 490 g/mol. The maximum absolute atomic E-state index is 12.9. The highest BCUT2D eigenvalue weighted by molar-refractivity contribution is 6.89. The van der Waals surface area contributed by atoms with Crippen LogP contribution in [0.2, 0.25) is 19.1 Å². The molecule has 2 rings (SSSR count). The van der Waals surface area contributed by atoms with E-state index in [1.54, 1.807) is 26.8 Å². The molecule has 0 unspecified atom stereocenters. The van der Waals surface area contributed by atoms with Crippen LogP contribution in [-0.4, -0.2) is 55.7 Å². The van der Waals surface area contributed by atoms with Gasteiger partial charge in [0.25, 0.3) is 0 Å². The lowest BCUT2D eigenvalue weighted by Gasteiger charge is -2.38. The smallest absolute Gasteiger partial charge is 0.408 e. The van der Waals surface area contributed by atoms with Crippen LogP contribution in [-0.2, 0) is 28.6 Å². The maximum atomic E-state index is 12.9. The molecule has 0 bridgehead atoms. The first-order valence-corrected chi connectivity index (χ1v) is 14.5. The second-order valence-electron chi connectivity index (χ2n) is 10.2. The highest BCUT2D eigenvalue weighted by atomic mass is 28.3. The number of carbonyl (C=O) groups excluding carboxylic acids is 4. The topological polar surface area (TPSA) is 108 Å². The van der Waals surface area contributed by atoms with Crippen LogP contribution in [0.3, 0.4) is 0 Å². The fourth-order valence-corrected chi connectivity index (χ4v) is 7.11. The van der Waals surface area contributed by atoms with E-state index in [-0.39, 0.29) is 0 Å². The Morgan fingerprint density at radius 3 is 2.12 bits per heavy atom. The molecule has 1 aliphatic rings. The Kier molecular flexibility index (Phi) is 8.82. The first-order valence-electron chi connectivity index (χ1n) is 11.3. The SMILES string of the molecule is CC(=O)O[C@H]1[C@H](C[Si](C)(C)c2ccccc2)[C@H](NC(=O)OC(C)(C)C)C=CC(=O)[C@H]1OC(C)=O. The lowest BCUT2D eigenvalue weighted by molar-refractivity contribution is -0.172. The number of esters is 2. The van der Waals surface area contributed by atoms with E-state index < -0.39 is 61.7 Å². The lowest BCUT2D eigenvalue weighted by atomic mass is 9.92. The number of rotatable bonds is 6. The van der Waals surface area contributed by atoms with Gasteiger partial charge in [-0.25, -0.2) is 4.79 Å². The molecule has 1 amide bonds. The van der Waals surface area contributed by atoms with Gasteiger partial charge in [-0.3, -0.25) is 14.4 Å². The second-order valence-corrected chi connectivity index (χ2v) is 14.9. The summed E-state index contributed by atoms with van der Waals surface area (Å²) >= 11 is 0. The van der Waals surface area contributed by atoms with Gasteiger partial charge in [-0.2, -0.15) is 0 Å². The summed E-state index contributed by atoms with van der Waals surface area (Å²) in [7, 11) is -2.18. The fourth-order valence-electron chi connectivity index (χ4n) is 4.11.